The van der Waals surface area contributed by atoms with Crippen LogP contribution in [0.25, 0.3) is 0 Å². The maximum absolute atomic E-state index is 13.0. The third kappa shape index (κ3) is 59.0. The fourth-order valence-corrected chi connectivity index (χ4v) is 11.2. The molecule has 2 unspecified atom stereocenters. The van der Waals surface area contributed by atoms with E-state index in [-0.39, 0.29) is 25.7 Å². The van der Waals surface area contributed by atoms with Crippen molar-refractivity contribution in [3.05, 3.63) is 0 Å². The van der Waals surface area contributed by atoms with Crippen molar-refractivity contribution in [2.75, 3.05) is 39.6 Å². The van der Waals surface area contributed by atoms with E-state index in [2.05, 4.69) is 48.5 Å². The minimum absolute atomic E-state index is 0.102. The van der Waals surface area contributed by atoms with Crippen LogP contribution in [0.5, 0.6) is 0 Å². The molecular weight excluding hydrogens is 1110 g/mol. The highest BCUT2D eigenvalue weighted by molar-refractivity contribution is 7.47. The first-order valence-electron chi connectivity index (χ1n) is 33.8. The van der Waals surface area contributed by atoms with Gasteiger partial charge in [0, 0.05) is 25.7 Å². The highest BCUT2D eigenvalue weighted by atomic mass is 31.2. The molecule has 19 heteroatoms. The Morgan fingerprint density at radius 2 is 0.548 bits per heavy atom. The van der Waals surface area contributed by atoms with Gasteiger partial charge in [0.25, 0.3) is 0 Å². The van der Waals surface area contributed by atoms with Crippen molar-refractivity contribution < 1.29 is 80.2 Å². The third-order valence-electron chi connectivity index (χ3n) is 14.9. The maximum Gasteiger partial charge on any atom is 0.472 e. The average molecular weight is 1240 g/mol. The van der Waals surface area contributed by atoms with Crippen molar-refractivity contribution in [1.82, 2.24) is 0 Å². The van der Waals surface area contributed by atoms with E-state index in [1.54, 1.807) is 0 Å². The Morgan fingerprint density at radius 3 is 0.810 bits per heavy atom. The zero-order chi connectivity index (χ0) is 62.4. The molecule has 0 aromatic carbocycles. The number of hydrogen-bond donors (Lipinski definition) is 3. The van der Waals surface area contributed by atoms with Gasteiger partial charge < -0.3 is 33.8 Å². The second kappa shape index (κ2) is 56.3. The fourth-order valence-electron chi connectivity index (χ4n) is 9.66. The molecule has 0 heterocycles. The lowest BCUT2D eigenvalue weighted by Gasteiger charge is -2.21. The predicted octanol–water partition coefficient (Wildman–Crippen LogP) is 17.9. The summed E-state index contributed by atoms with van der Waals surface area (Å²) >= 11 is 0. The first kappa shape index (κ1) is 82.1. The molecule has 0 amide bonds. The van der Waals surface area contributed by atoms with Gasteiger partial charge in [-0.25, -0.2) is 9.13 Å². The molecular formula is C65H126O17P2. The summed E-state index contributed by atoms with van der Waals surface area (Å²) < 4.78 is 68.0. The van der Waals surface area contributed by atoms with Gasteiger partial charge in [-0.2, -0.15) is 0 Å². The molecule has 0 rings (SSSR count). The lowest BCUT2D eigenvalue weighted by Crippen LogP contribution is -2.30. The first-order valence-corrected chi connectivity index (χ1v) is 36.8. The number of hydrogen-bond acceptors (Lipinski definition) is 15. The maximum atomic E-state index is 13.0. The molecule has 3 N–H and O–H groups in total. The number of phosphoric ester groups is 2. The van der Waals surface area contributed by atoms with Gasteiger partial charge in [0.05, 0.1) is 26.4 Å². The highest BCUT2D eigenvalue weighted by Crippen LogP contribution is 2.45. The number of rotatable bonds is 63. The van der Waals surface area contributed by atoms with Crippen LogP contribution in [0, 0.1) is 17.8 Å². The second-order valence-electron chi connectivity index (χ2n) is 24.9. The molecule has 0 aromatic rings. The molecule has 17 nitrogen and oxygen atoms in total. The van der Waals surface area contributed by atoms with Crippen molar-refractivity contribution in [3.8, 4) is 0 Å². The summed E-state index contributed by atoms with van der Waals surface area (Å²) in [5.41, 5.74) is 0. The normalized spacial score (nSPS) is 14.3. The largest absolute Gasteiger partial charge is 0.472 e. The van der Waals surface area contributed by atoms with E-state index in [9.17, 15) is 43.2 Å². The standard InChI is InChI=1S/C65H126O17P2/c1-8-9-10-11-12-24-32-39-46-62(67)75-53-61(82-65(70)49-42-35-28-27-31-38-45-58(6)7)55-80-84(73,74)78-51-59(66)50-77-83(71,72)79-54-60(52-76-63(68)47-40-33-25-20-17-16-19-23-30-37-44-57(4)5)81-64(69)48-41-34-26-21-15-13-14-18-22-29-36-43-56(2)3/h56-61,66H,8-55H2,1-7H3,(H,71,72)(H,73,74)/t59-,60-,61-/m1/s1. The van der Waals surface area contributed by atoms with Gasteiger partial charge in [-0.15, -0.1) is 0 Å². The first-order chi connectivity index (χ1) is 40.2. The van der Waals surface area contributed by atoms with Gasteiger partial charge in [-0.05, 0) is 43.4 Å². The smallest absolute Gasteiger partial charge is 0.462 e. The molecule has 0 bridgehead atoms. The molecule has 0 spiro atoms. The number of carbonyl (C=O) groups is 4. The molecule has 0 aliphatic carbocycles. The van der Waals surface area contributed by atoms with Crippen molar-refractivity contribution in [2.45, 2.75) is 336 Å². The number of esters is 4. The molecule has 498 valence electrons. The summed E-state index contributed by atoms with van der Waals surface area (Å²) in [5, 5.41) is 10.5. The monoisotopic (exact) mass is 1240 g/mol. The van der Waals surface area contributed by atoms with Crippen LogP contribution in [0.1, 0.15) is 318 Å². The number of phosphoric acid groups is 2. The molecule has 0 aliphatic rings. The average Bonchev–Trinajstić information content (AvgIpc) is 3.57. The number of ether oxygens (including phenoxy) is 4. The van der Waals surface area contributed by atoms with E-state index >= 15 is 0 Å². The van der Waals surface area contributed by atoms with Crippen LogP contribution in [0.2, 0.25) is 0 Å². The fraction of sp³-hybridized carbons (Fsp3) is 0.938. The van der Waals surface area contributed by atoms with Gasteiger partial charge in [-0.3, -0.25) is 37.3 Å². The molecule has 0 saturated heterocycles. The zero-order valence-corrected chi connectivity index (χ0v) is 56.1. The highest BCUT2D eigenvalue weighted by Gasteiger charge is 2.30. The van der Waals surface area contributed by atoms with Gasteiger partial charge in [0.1, 0.15) is 19.3 Å². The van der Waals surface area contributed by atoms with E-state index in [4.69, 9.17) is 37.0 Å². The van der Waals surface area contributed by atoms with E-state index in [0.717, 1.165) is 108 Å². The Hall–Kier alpha value is -1.94. The summed E-state index contributed by atoms with van der Waals surface area (Å²) in [7, 11) is -9.89. The Balaban J connectivity index is 5.23. The molecule has 0 radical (unpaired) electrons. The molecule has 0 fully saturated rings. The van der Waals surface area contributed by atoms with E-state index < -0.39 is 97.5 Å². The topological polar surface area (TPSA) is 237 Å². The minimum Gasteiger partial charge on any atom is -0.462 e. The summed E-state index contributed by atoms with van der Waals surface area (Å²) in [6, 6.07) is 0. The Labute approximate surface area is 511 Å². The Kier molecular flexibility index (Phi) is 55.0. The summed E-state index contributed by atoms with van der Waals surface area (Å²) in [4.78, 5) is 72.2. The molecule has 5 atom stereocenters. The molecule has 0 aliphatic heterocycles. The molecule has 0 aromatic heterocycles. The Morgan fingerprint density at radius 1 is 0.321 bits per heavy atom. The van der Waals surface area contributed by atoms with Crippen LogP contribution >= 0.6 is 15.6 Å². The van der Waals surface area contributed by atoms with Gasteiger partial charge >= 0.3 is 39.5 Å². The van der Waals surface area contributed by atoms with Crippen molar-refractivity contribution in [3.63, 3.8) is 0 Å². The van der Waals surface area contributed by atoms with Crippen molar-refractivity contribution in [2.24, 2.45) is 17.8 Å². The quantitative estimate of drug-likeness (QED) is 0.0222. The number of unbranched alkanes of at least 4 members (excludes halogenated alkanes) is 31. The van der Waals surface area contributed by atoms with Crippen LogP contribution in [0.4, 0.5) is 0 Å². The van der Waals surface area contributed by atoms with Crippen LogP contribution < -0.4 is 0 Å². The van der Waals surface area contributed by atoms with Crippen LogP contribution in [0.3, 0.4) is 0 Å². The lowest BCUT2D eigenvalue weighted by atomic mass is 10.0. The van der Waals surface area contributed by atoms with E-state index in [0.29, 0.717) is 31.6 Å². The van der Waals surface area contributed by atoms with Gasteiger partial charge in [0.2, 0.25) is 0 Å². The number of carbonyl (C=O) groups excluding carboxylic acids is 4. The number of aliphatic hydroxyl groups is 1. The van der Waals surface area contributed by atoms with Crippen LogP contribution in [-0.2, 0) is 65.4 Å². The number of aliphatic hydroxyl groups excluding tert-OH is 1. The van der Waals surface area contributed by atoms with Crippen molar-refractivity contribution >= 4 is 39.5 Å². The van der Waals surface area contributed by atoms with Gasteiger partial charge in [-0.1, -0.05) is 267 Å². The predicted molar refractivity (Wildman–Crippen MR) is 335 cm³/mol. The summed E-state index contributed by atoms with van der Waals surface area (Å²) in [5.74, 6) is 0.0536. The van der Waals surface area contributed by atoms with E-state index in [1.165, 1.54) is 122 Å². The van der Waals surface area contributed by atoms with E-state index in [1.807, 2.05) is 0 Å². The summed E-state index contributed by atoms with van der Waals surface area (Å²) in [6.45, 7) is 11.7. The van der Waals surface area contributed by atoms with Crippen LogP contribution in [-0.4, -0.2) is 96.7 Å². The Bertz CT molecular complexity index is 1660. The SMILES string of the molecule is CCCCCCCCCCC(=O)OC[C@H](COP(=O)(O)OC[C@H](O)COP(=O)(O)OC[C@@H](COC(=O)CCCCCCCCCCCCC(C)C)OC(=O)CCCCCCCCCCCCCC(C)C)OC(=O)CCCCCCCCC(C)C. The van der Waals surface area contributed by atoms with Crippen molar-refractivity contribution in [1.29, 1.82) is 0 Å². The molecule has 84 heavy (non-hydrogen) atoms. The van der Waals surface area contributed by atoms with Gasteiger partial charge in [0.15, 0.2) is 12.2 Å². The zero-order valence-electron chi connectivity index (χ0n) is 54.4. The minimum atomic E-state index is -4.95. The second-order valence-corrected chi connectivity index (χ2v) is 27.8. The summed E-state index contributed by atoms with van der Waals surface area (Å²) in [6.07, 6.45) is 37.8. The van der Waals surface area contributed by atoms with Crippen LogP contribution in [0.15, 0.2) is 0 Å². The molecule has 0 saturated carbocycles. The lowest BCUT2D eigenvalue weighted by molar-refractivity contribution is -0.161. The third-order valence-corrected chi connectivity index (χ3v) is 16.8.